The molecule has 1 saturated heterocycles. The Morgan fingerprint density at radius 2 is 1.68 bits per heavy atom. The summed E-state index contributed by atoms with van der Waals surface area (Å²) in [5, 5.41) is 10.4. The predicted molar refractivity (Wildman–Crippen MR) is 118 cm³/mol. The second kappa shape index (κ2) is 9.52. The van der Waals surface area contributed by atoms with Crippen molar-refractivity contribution in [3.8, 4) is 5.75 Å². The van der Waals surface area contributed by atoms with E-state index in [9.17, 15) is 14.7 Å². The van der Waals surface area contributed by atoms with Crippen molar-refractivity contribution in [2.45, 2.75) is 37.9 Å². The molecule has 1 heterocycles. The Morgan fingerprint density at radius 3 is 2.29 bits per heavy atom. The highest BCUT2D eigenvalue weighted by Gasteiger charge is 2.35. The first kappa shape index (κ1) is 21.4. The summed E-state index contributed by atoms with van der Waals surface area (Å²) in [6, 6.07) is 16.5. The maximum absolute atomic E-state index is 12.7. The van der Waals surface area contributed by atoms with Crippen LogP contribution in [0.5, 0.6) is 5.75 Å². The molecular weight excluding hydrogens is 392 g/mol. The summed E-state index contributed by atoms with van der Waals surface area (Å²) in [5.74, 6) is 1.17. The van der Waals surface area contributed by atoms with Crippen LogP contribution in [-0.4, -0.2) is 59.5 Å². The number of aliphatic hydroxyl groups is 1. The van der Waals surface area contributed by atoms with Crippen LogP contribution >= 0.6 is 0 Å². The van der Waals surface area contributed by atoms with Gasteiger partial charge in [-0.25, -0.2) is 0 Å². The number of benzene rings is 2. The molecule has 6 heteroatoms. The molecule has 31 heavy (non-hydrogen) atoms. The van der Waals surface area contributed by atoms with E-state index in [-0.39, 0.29) is 24.5 Å². The monoisotopic (exact) mass is 422 g/mol. The smallest absolute Gasteiger partial charge is 0.253 e. The number of ether oxygens (including phenoxy) is 1. The summed E-state index contributed by atoms with van der Waals surface area (Å²) in [6.07, 6.45) is 3.11. The zero-order valence-electron chi connectivity index (χ0n) is 17.9. The molecule has 164 valence electrons. The molecule has 6 nitrogen and oxygen atoms in total. The van der Waals surface area contributed by atoms with Crippen molar-refractivity contribution in [3.05, 3.63) is 65.7 Å². The Balaban J connectivity index is 1.26. The van der Waals surface area contributed by atoms with Gasteiger partial charge in [0.1, 0.15) is 11.9 Å². The van der Waals surface area contributed by atoms with Gasteiger partial charge < -0.3 is 19.6 Å². The fourth-order valence-corrected chi connectivity index (χ4v) is 3.99. The minimum Gasteiger partial charge on any atom is -0.490 e. The van der Waals surface area contributed by atoms with E-state index in [2.05, 4.69) is 0 Å². The highest BCUT2D eigenvalue weighted by Crippen LogP contribution is 2.32. The van der Waals surface area contributed by atoms with Crippen LogP contribution in [0.1, 0.15) is 47.7 Å². The van der Waals surface area contributed by atoms with Crippen LogP contribution in [-0.2, 0) is 4.79 Å². The van der Waals surface area contributed by atoms with E-state index in [4.69, 9.17) is 4.74 Å². The van der Waals surface area contributed by atoms with Crippen molar-refractivity contribution in [1.29, 1.82) is 0 Å². The molecule has 2 amide bonds. The third-order valence-corrected chi connectivity index (χ3v) is 6.06. The van der Waals surface area contributed by atoms with Crippen molar-refractivity contribution in [1.82, 2.24) is 9.80 Å². The van der Waals surface area contributed by atoms with Crippen LogP contribution in [0.2, 0.25) is 0 Å². The van der Waals surface area contributed by atoms with Gasteiger partial charge in [0, 0.05) is 44.5 Å². The first-order valence-corrected chi connectivity index (χ1v) is 11.1. The van der Waals surface area contributed by atoms with Gasteiger partial charge in [0.05, 0.1) is 12.6 Å². The zero-order chi connectivity index (χ0) is 21.8. The SMILES string of the molecule is CN(C[C@@H](O)c1ccccc1)C(=O)c1ccc(OC2CCN(C(=O)C3CC3)CC2)cc1. The third-order valence-electron chi connectivity index (χ3n) is 6.06. The molecule has 2 aliphatic rings. The number of hydrogen-bond donors (Lipinski definition) is 1. The van der Waals surface area contributed by atoms with Crippen LogP contribution in [0.25, 0.3) is 0 Å². The molecule has 0 aromatic heterocycles. The maximum Gasteiger partial charge on any atom is 0.253 e. The number of carbonyl (C=O) groups excluding carboxylic acids is 2. The molecule has 4 rings (SSSR count). The van der Waals surface area contributed by atoms with Crippen molar-refractivity contribution < 1.29 is 19.4 Å². The number of piperidine rings is 1. The van der Waals surface area contributed by atoms with Crippen LogP contribution in [0, 0.1) is 5.92 Å². The largest absolute Gasteiger partial charge is 0.490 e. The van der Waals surface area contributed by atoms with Gasteiger partial charge in [-0.2, -0.15) is 0 Å². The van der Waals surface area contributed by atoms with Crippen LogP contribution in [0.3, 0.4) is 0 Å². The number of likely N-dealkylation sites (N-methyl/N-ethyl adjacent to an activating group) is 1. The summed E-state index contributed by atoms with van der Waals surface area (Å²) in [7, 11) is 1.69. The van der Waals surface area contributed by atoms with Gasteiger partial charge in [-0.3, -0.25) is 9.59 Å². The summed E-state index contributed by atoms with van der Waals surface area (Å²) >= 11 is 0. The molecule has 1 N–H and O–H groups in total. The Hall–Kier alpha value is -2.86. The second-order valence-corrected chi connectivity index (χ2v) is 8.55. The van der Waals surface area contributed by atoms with Crippen LogP contribution < -0.4 is 4.74 Å². The van der Waals surface area contributed by atoms with Crippen molar-refractivity contribution >= 4 is 11.8 Å². The summed E-state index contributed by atoms with van der Waals surface area (Å²) < 4.78 is 6.07. The molecule has 2 fully saturated rings. The highest BCUT2D eigenvalue weighted by molar-refractivity contribution is 5.94. The number of hydrogen-bond acceptors (Lipinski definition) is 4. The number of rotatable bonds is 7. The van der Waals surface area contributed by atoms with E-state index < -0.39 is 6.10 Å². The molecule has 0 bridgehead atoms. The second-order valence-electron chi connectivity index (χ2n) is 8.55. The molecule has 0 spiro atoms. The van der Waals surface area contributed by atoms with Gasteiger partial charge in [-0.1, -0.05) is 30.3 Å². The lowest BCUT2D eigenvalue weighted by atomic mass is 10.1. The van der Waals surface area contributed by atoms with Crippen molar-refractivity contribution in [3.63, 3.8) is 0 Å². The molecule has 0 radical (unpaired) electrons. The molecular formula is C25H30N2O4. The fourth-order valence-electron chi connectivity index (χ4n) is 3.99. The van der Waals surface area contributed by atoms with Gasteiger partial charge in [-0.05, 0) is 42.7 Å². The highest BCUT2D eigenvalue weighted by atomic mass is 16.5. The Bertz CT molecular complexity index is 887. The standard InChI is InChI=1S/C25H30N2O4/c1-26(17-23(28)18-5-3-2-4-6-18)24(29)19-9-11-21(12-10-19)31-22-13-15-27(16-14-22)25(30)20-7-8-20/h2-6,9-12,20,22-23,28H,7-8,13-17H2,1H3/t23-/m1/s1. The molecule has 0 unspecified atom stereocenters. The lowest BCUT2D eigenvalue weighted by Crippen LogP contribution is -2.42. The Kier molecular flexibility index (Phi) is 6.56. The van der Waals surface area contributed by atoms with E-state index in [0.717, 1.165) is 50.1 Å². The van der Waals surface area contributed by atoms with E-state index in [1.54, 1.807) is 19.2 Å². The summed E-state index contributed by atoms with van der Waals surface area (Å²) in [4.78, 5) is 28.4. The molecule has 1 atom stereocenters. The van der Waals surface area contributed by atoms with Gasteiger partial charge in [0.15, 0.2) is 0 Å². The molecule has 2 aromatic rings. The normalized spacial score (nSPS) is 17.8. The van der Waals surface area contributed by atoms with Crippen LogP contribution in [0.15, 0.2) is 54.6 Å². The Labute approximate surface area is 183 Å². The summed E-state index contributed by atoms with van der Waals surface area (Å²) in [5.41, 5.74) is 1.34. The Morgan fingerprint density at radius 1 is 1.03 bits per heavy atom. The lowest BCUT2D eigenvalue weighted by molar-refractivity contribution is -0.134. The molecule has 2 aromatic carbocycles. The minimum absolute atomic E-state index is 0.0912. The first-order chi connectivity index (χ1) is 15.0. The number of nitrogens with zero attached hydrogens (tertiary/aromatic N) is 2. The number of likely N-dealkylation sites (tertiary alicyclic amines) is 1. The molecule has 1 saturated carbocycles. The van der Waals surface area contributed by atoms with Crippen molar-refractivity contribution in [2.75, 3.05) is 26.7 Å². The van der Waals surface area contributed by atoms with Gasteiger partial charge in [-0.15, -0.1) is 0 Å². The van der Waals surface area contributed by atoms with E-state index in [0.29, 0.717) is 11.5 Å². The number of carbonyl (C=O) groups is 2. The molecule has 1 aliphatic carbocycles. The lowest BCUT2D eigenvalue weighted by Gasteiger charge is -2.32. The molecule has 1 aliphatic heterocycles. The quantitative estimate of drug-likeness (QED) is 0.744. The summed E-state index contributed by atoms with van der Waals surface area (Å²) in [6.45, 7) is 1.73. The predicted octanol–water partition coefficient (Wildman–Crippen LogP) is 3.27. The van der Waals surface area contributed by atoms with Crippen LogP contribution in [0.4, 0.5) is 0 Å². The average molecular weight is 423 g/mol. The van der Waals surface area contributed by atoms with E-state index in [1.165, 1.54) is 4.90 Å². The third kappa shape index (κ3) is 5.44. The number of aliphatic hydroxyl groups excluding tert-OH is 1. The first-order valence-electron chi connectivity index (χ1n) is 11.1. The zero-order valence-corrected chi connectivity index (χ0v) is 17.9. The number of amides is 2. The van der Waals surface area contributed by atoms with Crippen molar-refractivity contribution in [2.24, 2.45) is 5.92 Å². The van der Waals surface area contributed by atoms with E-state index in [1.807, 2.05) is 47.4 Å². The van der Waals surface area contributed by atoms with E-state index >= 15 is 0 Å². The van der Waals surface area contributed by atoms with Gasteiger partial charge >= 0.3 is 0 Å². The van der Waals surface area contributed by atoms with Gasteiger partial charge in [0.2, 0.25) is 5.91 Å². The fraction of sp³-hybridized carbons (Fsp3) is 0.440. The average Bonchev–Trinajstić information content (AvgIpc) is 3.65. The van der Waals surface area contributed by atoms with Gasteiger partial charge in [0.25, 0.3) is 5.91 Å². The maximum atomic E-state index is 12.7. The topological polar surface area (TPSA) is 70.1 Å². The minimum atomic E-state index is -0.726.